The van der Waals surface area contributed by atoms with E-state index >= 15 is 0 Å². The molecule has 1 aliphatic carbocycles. The minimum atomic E-state index is -0.122. The van der Waals surface area contributed by atoms with Gasteiger partial charge in [0.1, 0.15) is 0 Å². The molecule has 2 fully saturated rings. The normalized spacial score (nSPS) is 32.7. The summed E-state index contributed by atoms with van der Waals surface area (Å²) in [4.78, 5) is 28.2. The molecule has 0 aromatic heterocycles. The van der Waals surface area contributed by atoms with Gasteiger partial charge in [-0.05, 0) is 37.6 Å². The quantitative estimate of drug-likeness (QED) is 0.856. The fourth-order valence-electron chi connectivity index (χ4n) is 3.82. The molecule has 4 atom stereocenters. The zero-order chi connectivity index (χ0) is 16.3. The van der Waals surface area contributed by atoms with Crippen LogP contribution in [0.2, 0.25) is 0 Å². The molecule has 0 radical (unpaired) electrons. The molecule has 1 heterocycles. The Kier molecular flexibility index (Phi) is 5.84. The van der Waals surface area contributed by atoms with Gasteiger partial charge >= 0.3 is 0 Å². The van der Waals surface area contributed by atoms with E-state index < -0.39 is 0 Å². The van der Waals surface area contributed by atoms with Gasteiger partial charge in [0, 0.05) is 20.1 Å². The monoisotopic (exact) mass is 309 g/mol. The molecule has 5 nitrogen and oxygen atoms in total. The molecule has 4 unspecified atom stereocenters. The number of amides is 2. The van der Waals surface area contributed by atoms with Gasteiger partial charge in [-0.15, -0.1) is 0 Å². The van der Waals surface area contributed by atoms with Crippen molar-refractivity contribution in [3.05, 3.63) is 0 Å². The summed E-state index contributed by atoms with van der Waals surface area (Å²) in [7, 11) is 3.56. The van der Waals surface area contributed by atoms with Crippen molar-refractivity contribution in [3.8, 4) is 0 Å². The predicted octanol–water partition coefficient (Wildman–Crippen LogP) is 1.48. The van der Waals surface area contributed by atoms with Gasteiger partial charge in [0.2, 0.25) is 11.8 Å². The van der Waals surface area contributed by atoms with Crippen molar-refractivity contribution in [1.82, 2.24) is 15.1 Å². The van der Waals surface area contributed by atoms with Gasteiger partial charge < -0.3 is 10.2 Å². The largest absolute Gasteiger partial charge is 0.352 e. The minimum absolute atomic E-state index is 0.0735. The van der Waals surface area contributed by atoms with Crippen LogP contribution in [0.1, 0.15) is 46.0 Å². The van der Waals surface area contributed by atoms with Crippen LogP contribution in [-0.4, -0.2) is 60.9 Å². The highest BCUT2D eigenvalue weighted by Gasteiger charge is 2.34. The lowest BCUT2D eigenvalue weighted by atomic mass is 9.78. The number of hydrogen-bond donors (Lipinski definition) is 1. The summed E-state index contributed by atoms with van der Waals surface area (Å²) >= 11 is 0. The van der Waals surface area contributed by atoms with Crippen molar-refractivity contribution in [3.63, 3.8) is 0 Å². The lowest BCUT2D eigenvalue weighted by molar-refractivity contribution is -0.134. The summed E-state index contributed by atoms with van der Waals surface area (Å²) in [5.74, 6) is 1.40. The van der Waals surface area contributed by atoms with Gasteiger partial charge in [0.05, 0.1) is 12.6 Å². The molecule has 2 amide bonds. The number of carbonyl (C=O) groups excluding carboxylic acids is 2. The van der Waals surface area contributed by atoms with E-state index in [1.165, 1.54) is 12.8 Å². The summed E-state index contributed by atoms with van der Waals surface area (Å²) in [5, 5.41) is 3.21. The molecule has 0 aromatic carbocycles. The average Bonchev–Trinajstić information content (AvgIpc) is 2.90. The average molecular weight is 309 g/mol. The van der Waals surface area contributed by atoms with E-state index in [9.17, 15) is 9.59 Å². The number of hydrogen-bond acceptors (Lipinski definition) is 3. The zero-order valence-corrected chi connectivity index (χ0v) is 14.5. The van der Waals surface area contributed by atoms with Gasteiger partial charge in [0.25, 0.3) is 0 Å². The van der Waals surface area contributed by atoms with Crippen molar-refractivity contribution in [1.29, 1.82) is 0 Å². The fraction of sp³-hybridized carbons (Fsp3) is 0.882. The zero-order valence-electron chi connectivity index (χ0n) is 14.5. The van der Waals surface area contributed by atoms with E-state index in [1.54, 1.807) is 19.0 Å². The van der Waals surface area contributed by atoms with E-state index in [-0.39, 0.29) is 17.9 Å². The molecule has 5 heteroatoms. The highest BCUT2D eigenvalue weighted by molar-refractivity contribution is 5.83. The number of likely N-dealkylation sites (tertiary alicyclic amines) is 1. The van der Waals surface area contributed by atoms with E-state index in [1.807, 2.05) is 4.90 Å². The van der Waals surface area contributed by atoms with E-state index in [4.69, 9.17) is 0 Å². The Morgan fingerprint density at radius 2 is 1.86 bits per heavy atom. The Labute approximate surface area is 134 Å². The third-order valence-corrected chi connectivity index (χ3v) is 5.49. The van der Waals surface area contributed by atoms with Crippen LogP contribution in [0.5, 0.6) is 0 Å². The van der Waals surface area contributed by atoms with Gasteiger partial charge in [-0.1, -0.05) is 26.7 Å². The Balaban J connectivity index is 1.87. The van der Waals surface area contributed by atoms with Crippen LogP contribution in [0.4, 0.5) is 0 Å². The molecular weight excluding hydrogens is 278 g/mol. The van der Waals surface area contributed by atoms with Crippen molar-refractivity contribution in [2.24, 2.45) is 11.8 Å². The van der Waals surface area contributed by atoms with Gasteiger partial charge in [-0.2, -0.15) is 0 Å². The topological polar surface area (TPSA) is 52.7 Å². The van der Waals surface area contributed by atoms with Crippen LogP contribution in [-0.2, 0) is 9.59 Å². The number of nitrogens with one attached hydrogen (secondary N) is 1. The van der Waals surface area contributed by atoms with Gasteiger partial charge in [0.15, 0.2) is 0 Å². The SMILES string of the molecule is CC1CCCC(NC(=O)CN2CCCC2C(=O)N(C)C)C1C. The maximum Gasteiger partial charge on any atom is 0.239 e. The maximum absolute atomic E-state index is 12.4. The predicted molar refractivity (Wildman–Crippen MR) is 87.4 cm³/mol. The van der Waals surface area contributed by atoms with Crippen molar-refractivity contribution < 1.29 is 9.59 Å². The molecule has 0 aromatic rings. The first-order chi connectivity index (χ1) is 10.4. The third kappa shape index (κ3) is 4.00. The van der Waals surface area contributed by atoms with Crippen LogP contribution in [0, 0.1) is 11.8 Å². The minimum Gasteiger partial charge on any atom is -0.352 e. The van der Waals surface area contributed by atoms with Crippen LogP contribution >= 0.6 is 0 Å². The molecule has 1 saturated heterocycles. The third-order valence-electron chi connectivity index (χ3n) is 5.49. The van der Waals surface area contributed by atoms with Crippen molar-refractivity contribution >= 4 is 11.8 Å². The summed E-state index contributed by atoms with van der Waals surface area (Å²) in [6.07, 6.45) is 5.40. The summed E-state index contributed by atoms with van der Waals surface area (Å²) in [6, 6.07) is 0.172. The van der Waals surface area contributed by atoms with Crippen LogP contribution in [0.3, 0.4) is 0 Å². The van der Waals surface area contributed by atoms with Crippen molar-refractivity contribution in [2.45, 2.75) is 58.0 Å². The first-order valence-electron chi connectivity index (χ1n) is 8.64. The lowest BCUT2D eigenvalue weighted by Gasteiger charge is -2.35. The van der Waals surface area contributed by atoms with Crippen molar-refractivity contribution in [2.75, 3.05) is 27.2 Å². The first kappa shape index (κ1) is 17.3. The Morgan fingerprint density at radius 3 is 2.55 bits per heavy atom. The molecule has 1 saturated carbocycles. The van der Waals surface area contributed by atoms with Crippen LogP contribution in [0.25, 0.3) is 0 Å². The molecule has 1 N–H and O–H groups in total. The number of carbonyl (C=O) groups is 2. The molecule has 0 spiro atoms. The number of rotatable bonds is 4. The van der Waals surface area contributed by atoms with E-state index in [2.05, 4.69) is 19.2 Å². The van der Waals surface area contributed by atoms with E-state index in [0.717, 1.165) is 25.8 Å². The molecular formula is C17H31N3O2. The summed E-state index contributed by atoms with van der Waals surface area (Å²) < 4.78 is 0. The number of nitrogens with zero attached hydrogens (tertiary/aromatic N) is 2. The molecule has 2 aliphatic rings. The standard InChI is InChI=1S/C17H31N3O2/c1-12-7-5-8-14(13(12)2)18-16(21)11-20-10-6-9-15(20)17(22)19(3)4/h12-15H,5-11H2,1-4H3,(H,18,21). The van der Waals surface area contributed by atoms with Gasteiger partial charge in [-0.25, -0.2) is 0 Å². The number of likely N-dealkylation sites (N-methyl/N-ethyl adjacent to an activating group) is 1. The second-order valence-corrected chi connectivity index (χ2v) is 7.30. The lowest BCUT2D eigenvalue weighted by Crippen LogP contribution is -2.50. The van der Waals surface area contributed by atoms with Gasteiger partial charge in [-0.3, -0.25) is 14.5 Å². The smallest absolute Gasteiger partial charge is 0.239 e. The van der Waals surface area contributed by atoms with Crippen LogP contribution in [0.15, 0.2) is 0 Å². The summed E-state index contributed by atoms with van der Waals surface area (Å²) in [5.41, 5.74) is 0. The van der Waals surface area contributed by atoms with E-state index in [0.29, 0.717) is 24.4 Å². The fourth-order valence-corrected chi connectivity index (χ4v) is 3.82. The Bertz CT molecular complexity index is 411. The molecule has 0 bridgehead atoms. The molecule has 126 valence electrons. The molecule has 1 aliphatic heterocycles. The molecule has 22 heavy (non-hydrogen) atoms. The first-order valence-corrected chi connectivity index (χ1v) is 8.64. The second kappa shape index (κ2) is 7.44. The second-order valence-electron chi connectivity index (χ2n) is 7.30. The highest BCUT2D eigenvalue weighted by Crippen LogP contribution is 2.29. The Hall–Kier alpha value is -1.10. The maximum atomic E-state index is 12.4. The summed E-state index contributed by atoms with van der Waals surface area (Å²) in [6.45, 7) is 5.70. The highest BCUT2D eigenvalue weighted by atomic mass is 16.2. The molecule has 2 rings (SSSR count). The van der Waals surface area contributed by atoms with Crippen LogP contribution < -0.4 is 5.32 Å². The Morgan fingerprint density at radius 1 is 1.14 bits per heavy atom.